The van der Waals surface area contributed by atoms with Crippen molar-refractivity contribution in [2.75, 3.05) is 18.4 Å². The molecular weight excluding hydrogens is 226 g/mol. The number of carbonyl (C=O) groups excluding carboxylic acids is 1. The number of nitrogens with one attached hydrogen (secondary N) is 2. The van der Waals surface area contributed by atoms with E-state index >= 15 is 0 Å². The summed E-state index contributed by atoms with van der Waals surface area (Å²) in [7, 11) is 0. The van der Waals surface area contributed by atoms with Gasteiger partial charge in [-0.1, -0.05) is 13.8 Å². The van der Waals surface area contributed by atoms with Gasteiger partial charge in [-0.05, 0) is 37.9 Å². The highest BCUT2D eigenvalue weighted by molar-refractivity contribution is 5.96. The van der Waals surface area contributed by atoms with E-state index in [0.29, 0.717) is 5.92 Å². The number of rotatable bonds is 3. The molecule has 18 heavy (non-hydrogen) atoms. The van der Waals surface area contributed by atoms with Crippen molar-refractivity contribution in [1.29, 1.82) is 0 Å². The molecule has 1 amide bonds. The van der Waals surface area contributed by atoms with Crippen LogP contribution in [0.4, 0.5) is 5.69 Å². The number of aryl methyl sites for hydroxylation is 1. The van der Waals surface area contributed by atoms with Crippen molar-refractivity contribution in [3.63, 3.8) is 0 Å². The van der Waals surface area contributed by atoms with E-state index in [-0.39, 0.29) is 11.3 Å². The molecule has 2 N–H and O–H groups in total. The van der Waals surface area contributed by atoms with Gasteiger partial charge < -0.3 is 10.6 Å². The second-order valence-electron chi connectivity index (χ2n) is 5.38. The zero-order valence-electron chi connectivity index (χ0n) is 11.3. The highest BCUT2D eigenvalue weighted by Crippen LogP contribution is 2.35. The van der Waals surface area contributed by atoms with Crippen LogP contribution < -0.4 is 10.6 Å². The summed E-state index contributed by atoms with van der Waals surface area (Å²) < 4.78 is 0. The number of anilines is 1. The second-order valence-corrected chi connectivity index (χ2v) is 5.38. The van der Waals surface area contributed by atoms with Crippen LogP contribution >= 0.6 is 0 Å². The number of hydrogen-bond acceptors (Lipinski definition) is 3. The Hall–Kier alpha value is -1.42. The fraction of sp³-hybridized carbons (Fsp3) is 0.571. The van der Waals surface area contributed by atoms with Crippen LogP contribution in [0.5, 0.6) is 0 Å². The van der Waals surface area contributed by atoms with Crippen LogP contribution in [0.15, 0.2) is 18.3 Å². The predicted molar refractivity (Wildman–Crippen MR) is 72.4 cm³/mol. The van der Waals surface area contributed by atoms with Gasteiger partial charge in [0.1, 0.15) is 0 Å². The van der Waals surface area contributed by atoms with Crippen molar-refractivity contribution in [2.24, 2.45) is 11.3 Å². The number of nitrogens with zero attached hydrogens (tertiary/aromatic N) is 1. The molecule has 1 saturated heterocycles. The Labute approximate surface area is 108 Å². The van der Waals surface area contributed by atoms with E-state index in [4.69, 9.17) is 0 Å². The lowest BCUT2D eigenvalue weighted by molar-refractivity contribution is -0.126. The first-order chi connectivity index (χ1) is 8.54. The molecule has 4 heteroatoms. The number of carbonyl (C=O) groups is 1. The average Bonchev–Trinajstić information content (AvgIpc) is 2.79. The summed E-state index contributed by atoms with van der Waals surface area (Å²) in [5.41, 5.74) is 1.47. The Bertz CT molecular complexity index is 436. The van der Waals surface area contributed by atoms with E-state index < -0.39 is 0 Å². The van der Waals surface area contributed by atoms with Crippen LogP contribution in [-0.4, -0.2) is 24.0 Å². The van der Waals surface area contributed by atoms with Crippen molar-refractivity contribution < 1.29 is 4.79 Å². The normalized spacial score (nSPS) is 23.3. The van der Waals surface area contributed by atoms with Crippen LogP contribution in [0.2, 0.25) is 0 Å². The third-order valence-electron chi connectivity index (χ3n) is 3.90. The summed E-state index contributed by atoms with van der Waals surface area (Å²) in [6.07, 6.45) is 2.63. The predicted octanol–water partition coefficient (Wildman–Crippen LogP) is 1.96. The quantitative estimate of drug-likeness (QED) is 0.858. The van der Waals surface area contributed by atoms with E-state index in [1.807, 2.05) is 19.1 Å². The highest BCUT2D eigenvalue weighted by Gasteiger charge is 2.43. The molecule has 0 bridgehead atoms. The monoisotopic (exact) mass is 247 g/mol. The van der Waals surface area contributed by atoms with E-state index in [1.54, 1.807) is 6.20 Å². The van der Waals surface area contributed by atoms with Gasteiger partial charge in [0.2, 0.25) is 5.91 Å². The van der Waals surface area contributed by atoms with Gasteiger partial charge in [0.15, 0.2) is 0 Å². The minimum atomic E-state index is -0.281. The lowest BCUT2D eigenvalue weighted by atomic mass is 9.75. The zero-order chi connectivity index (χ0) is 13.2. The third-order valence-corrected chi connectivity index (χ3v) is 3.90. The van der Waals surface area contributed by atoms with Gasteiger partial charge in [0.05, 0.1) is 5.41 Å². The minimum absolute atomic E-state index is 0.119. The van der Waals surface area contributed by atoms with Gasteiger partial charge >= 0.3 is 0 Å². The van der Waals surface area contributed by atoms with Crippen molar-refractivity contribution in [1.82, 2.24) is 10.3 Å². The molecule has 4 nitrogen and oxygen atoms in total. The Kier molecular flexibility index (Phi) is 3.66. The molecule has 1 unspecified atom stereocenters. The van der Waals surface area contributed by atoms with Crippen LogP contribution in [0.25, 0.3) is 0 Å². The molecule has 0 radical (unpaired) electrons. The Morgan fingerprint density at radius 3 is 2.89 bits per heavy atom. The first-order valence-electron chi connectivity index (χ1n) is 6.49. The summed E-state index contributed by atoms with van der Waals surface area (Å²) in [4.78, 5) is 16.7. The highest BCUT2D eigenvalue weighted by atomic mass is 16.2. The molecule has 0 spiro atoms. The van der Waals surface area contributed by atoms with E-state index in [0.717, 1.165) is 30.9 Å². The van der Waals surface area contributed by atoms with Gasteiger partial charge in [0.25, 0.3) is 0 Å². The molecule has 0 aliphatic carbocycles. The summed E-state index contributed by atoms with van der Waals surface area (Å²) >= 11 is 0. The minimum Gasteiger partial charge on any atom is -0.325 e. The Morgan fingerprint density at radius 2 is 2.33 bits per heavy atom. The van der Waals surface area contributed by atoms with E-state index in [1.165, 1.54) is 0 Å². The van der Waals surface area contributed by atoms with Gasteiger partial charge in [-0.2, -0.15) is 0 Å². The topological polar surface area (TPSA) is 54.0 Å². The largest absolute Gasteiger partial charge is 0.325 e. The van der Waals surface area contributed by atoms with E-state index in [2.05, 4.69) is 29.5 Å². The maximum atomic E-state index is 12.5. The Balaban J connectivity index is 2.16. The smallest absolute Gasteiger partial charge is 0.232 e. The fourth-order valence-electron chi connectivity index (χ4n) is 2.54. The SMILES string of the molecule is Cc1cc(NC(=O)C2(C(C)C)CCNC2)ccn1. The second kappa shape index (κ2) is 5.06. The maximum Gasteiger partial charge on any atom is 0.232 e. The molecule has 1 aliphatic rings. The number of aromatic nitrogens is 1. The molecule has 98 valence electrons. The van der Waals surface area contributed by atoms with Crippen molar-refractivity contribution in [3.05, 3.63) is 24.0 Å². The van der Waals surface area contributed by atoms with Crippen molar-refractivity contribution >= 4 is 11.6 Å². The van der Waals surface area contributed by atoms with Crippen LogP contribution in [-0.2, 0) is 4.79 Å². The van der Waals surface area contributed by atoms with Gasteiger partial charge in [-0.3, -0.25) is 9.78 Å². The van der Waals surface area contributed by atoms with Crippen LogP contribution in [0.1, 0.15) is 26.0 Å². The van der Waals surface area contributed by atoms with Crippen molar-refractivity contribution in [3.8, 4) is 0 Å². The molecule has 1 aliphatic heterocycles. The fourth-order valence-corrected chi connectivity index (χ4v) is 2.54. The Morgan fingerprint density at radius 1 is 1.56 bits per heavy atom. The average molecular weight is 247 g/mol. The number of pyridine rings is 1. The van der Waals surface area contributed by atoms with Crippen LogP contribution in [0.3, 0.4) is 0 Å². The number of hydrogen-bond donors (Lipinski definition) is 2. The summed E-state index contributed by atoms with van der Waals surface area (Å²) in [6, 6.07) is 3.73. The summed E-state index contributed by atoms with van der Waals surface area (Å²) in [5, 5.41) is 6.33. The maximum absolute atomic E-state index is 12.5. The van der Waals surface area contributed by atoms with Gasteiger partial charge in [0, 0.05) is 24.1 Å². The lowest BCUT2D eigenvalue weighted by Crippen LogP contribution is -2.42. The number of amides is 1. The van der Waals surface area contributed by atoms with Crippen LogP contribution in [0, 0.1) is 18.3 Å². The zero-order valence-corrected chi connectivity index (χ0v) is 11.3. The van der Waals surface area contributed by atoms with Gasteiger partial charge in [-0.25, -0.2) is 0 Å². The molecule has 1 aromatic heterocycles. The molecule has 0 aromatic carbocycles. The summed E-state index contributed by atoms with van der Waals surface area (Å²) in [6.45, 7) is 7.83. The molecule has 2 heterocycles. The lowest BCUT2D eigenvalue weighted by Gasteiger charge is -2.31. The summed E-state index contributed by atoms with van der Waals surface area (Å²) in [5.74, 6) is 0.448. The van der Waals surface area contributed by atoms with Gasteiger partial charge in [-0.15, -0.1) is 0 Å². The molecule has 2 rings (SSSR count). The molecule has 1 aromatic rings. The third kappa shape index (κ3) is 2.38. The first-order valence-corrected chi connectivity index (χ1v) is 6.49. The molecule has 1 fully saturated rings. The standard InChI is InChI=1S/C14H21N3O/c1-10(2)14(5-7-15-9-14)13(18)17-12-4-6-16-11(3)8-12/h4,6,8,10,15H,5,7,9H2,1-3H3,(H,16,17,18). The molecule has 0 saturated carbocycles. The van der Waals surface area contributed by atoms with E-state index in [9.17, 15) is 4.79 Å². The molecular formula is C14H21N3O. The molecule has 1 atom stereocenters. The first kappa shape index (κ1) is 13.0. The van der Waals surface area contributed by atoms with Crippen molar-refractivity contribution in [2.45, 2.75) is 27.2 Å².